The van der Waals surface area contributed by atoms with Crippen molar-refractivity contribution >= 4 is 27.3 Å². The van der Waals surface area contributed by atoms with Gasteiger partial charge in [0.25, 0.3) is 10.0 Å². The molecule has 3 aromatic rings. The second kappa shape index (κ2) is 8.67. The van der Waals surface area contributed by atoms with E-state index in [1.54, 1.807) is 60.5 Å². The van der Waals surface area contributed by atoms with Crippen LogP contribution in [-0.2, 0) is 21.2 Å². The summed E-state index contributed by atoms with van der Waals surface area (Å²) >= 11 is 0. The lowest BCUT2D eigenvalue weighted by molar-refractivity contribution is -0.117. The van der Waals surface area contributed by atoms with E-state index >= 15 is 0 Å². The molecule has 0 fully saturated rings. The highest BCUT2D eigenvalue weighted by Crippen LogP contribution is 2.33. The normalized spacial score (nSPS) is 15.3. The summed E-state index contributed by atoms with van der Waals surface area (Å²) in [5.74, 6) is 0.337. The van der Waals surface area contributed by atoms with E-state index in [0.717, 1.165) is 23.2 Å². The summed E-state index contributed by atoms with van der Waals surface area (Å²) in [6.07, 6.45) is 0.745. The van der Waals surface area contributed by atoms with Crippen molar-refractivity contribution in [2.75, 3.05) is 22.9 Å². The summed E-state index contributed by atoms with van der Waals surface area (Å²) in [4.78, 5) is 15.3. The first-order chi connectivity index (χ1) is 15.3. The largest absolute Gasteiger partial charge is 0.497 e. The Bertz CT molecular complexity index is 1220. The summed E-state index contributed by atoms with van der Waals surface area (Å²) in [5.41, 5.74) is 3.29. The number of fused-ring (bicyclic) bond motifs is 1. The van der Waals surface area contributed by atoms with Crippen LogP contribution in [0.5, 0.6) is 5.75 Å². The molecule has 1 amide bonds. The molecule has 0 saturated heterocycles. The Morgan fingerprint density at radius 1 is 1.03 bits per heavy atom. The van der Waals surface area contributed by atoms with Gasteiger partial charge in [0.2, 0.25) is 5.91 Å². The minimum Gasteiger partial charge on any atom is -0.497 e. The fourth-order valence-corrected chi connectivity index (χ4v) is 5.46. The molecule has 0 aromatic heterocycles. The molecule has 6 nitrogen and oxygen atoms in total. The lowest BCUT2D eigenvalue weighted by atomic mass is 10.1. The van der Waals surface area contributed by atoms with Crippen LogP contribution in [0.15, 0.2) is 77.7 Å². The topological polar surface area (TPSA) is 66.9 Å². The highest BCUT2D eigenvalue weighted by Gasteiger charge is 2.34. The van der Waals surface area contributed by atoms with Gasteiger partial charge in [0.15, 0.2) is 0 Å². The van der Waals surface area contributed by atoms with E-state index in [1.165, 1.54) is 4.31 Å². The van der Waals surface area contributed by atoms with Gasteiger partial charge >= 0.3 is 0 Å². The zero-order valence-corrected chi connectivity index (χ0v) is 19.2. The minimum absolute atomic E-state index is 0.0419. The van der Waals surface area contributed by atoms with E-state index in [0.29, 0.717) is 11.4 Å². The van der Waals surface area contributed by atoms with Crippen LogP contribution in [0.2, 0.25) is 0 Å². The van der Waals surface area contributed by atoms with Gasteiger partial charge in [-0.1, -0.05) is 35.9 Å². The van der Waals surface area contributed by atoms with Crippen LogP contribution in [0.1, 0.15) is 18.1 Å². The number of hydrogen-bond donors (Lipinski definition) is 0. The summed E-state index contributed by atoms with van der Waals surface area (Å²) in [5, 5.41) is 0. The number of anilines is 2. The van der Waals surface area contributed by atoms with Gasteiger partial charge in [-0.05, 0) is 68.3 Å². The van der Waals surface area contributed by atoms with E-state index in [9.17, 15) is 13.2 Å². The smallest absolute Gasteiger partial charge is 0.264 e. The van der Waals surface area contributed by atoms with Gasteiger partial charge < -0.3 is 9.64 Å². The third-order valence-corrected chi connectivity index (χ3v) is 7.51. The highest BCUT2D eigenvalue weighted by molar-refractivity contribution is 7.92. The fraction of sp³-hybridized carbons (Fsp3) is 0.240. The van der Waals surface area contributed by atoms with E-state index in [-0.39, 0.29) is 23.4 Å². The maximum Gasteiger partial charge on any atom is 0.264 e. The second-order valence-corrected chi connectivity index (χ2v) is 9.83. The van der Waals surface area contributed by atoms with Gasteiger partial charge in [-0.15, -0.1) is 0 Å². The fourth-order valence-electron chi connectivity index (χ4n) is 4.05. The van der Waals surface area contributed by atoms with Crippen LogP contribution in [-0.4, -0.2) is 34.0 Å². The van der Waals surface area contributed by atoms with Crippen molar-refractivity contribution in [2.45, 2.75) is 31.2 Å². The number of amides is 1. The van der Waals surface area contributed by atoms with Crippen molar-refractivity contribution in [3.8, 4) is 5.75 Å². The van der Waals surface area contributed by atoms with Crippen molar-refractivity contribution in [3.05, 3.63) is 83.9 Å². The molecular formula is C25H26N2O4S. The molecule has 1 atom stereocenters. The Hall–Kier alpha value is -3.32. The molecule has 0 N–H and O–H groups in total. The van der Waals surface area contributed by atoms with Crippen LogP contribution in [0.25, 0.3) is 0 Å². The number of sulfonamides is 1. The Morgan fingerprint density at radius 3 is 2.34 bits per heavy atom. The highest BCUT2D eigenvalue weighted by atomic mass is 32.2. The van der Waals surface area contributed by atoms with E-state index in [4.69, 9.17) is 4.74 Å². The van der Waals surface area contributed by atoms with Crippen molar-refractivity contribution in [1.82, 2.24) is 0 Å². The molecule has 32 heavy (non-hydrogen) atoms. The average Bonchev–Trinajstić information content (AvgIpc) is 3.13. The number of carbonyl (C=O) groups is 1. The number of hydrogen-bond acceptors (Lipinski definition) is 4. The predicted octanol–water partition coefficient (Wildman–Crippen LogP) is 4.18. The zero-order valence-electron chi connectivity index (χ0n) is 18.4. The van der Waals surface area contributed by atoms with E-state index in [2.05, 4.69) is 0 Å². The summed E-state index contributed by atoms with van der Waals surface area (Å²) in [6.45, 7) is 3.57. The van der Waals surface area contributed by atoms with Crippen molar-refractivity contribution < 1.29 is 17.9 Å². The van der Waals surface area contributed by atoms with Crippen molar-refractivity contribution in [2.24, 2.45) is 0 Å². The third-order valence-electron chi connectivity index (χ3n) is 5.72. The number of rotatable bonds is 6. The van der Waals surface area contributed by atoms with Gasteiger partial charge in [0, 0.05) is 11.7 Å². The number of para-hydroxylation sites is 1. The zero-order chi connectivity index (χ0) is 22.9. The van der Waals surface area contributed by atoms with Gasteiger partial charge in [-0.2, -0.15) is 0 Å². The summed E-state index contributed by atoms with van der Waals surface area (Å²) < 4.78 is 33.6. The number of carbonyl (C=O) groups excluding carboxylic acids is 1. The number of methoxy groups -OCH3 is 1. The molecule has 0 bridgehead atoms. The molecule has 1 unspecified atom stereocenters. The Balaban J connectivity index is 1.72. The maximum absolute atomic E-state index is 13.6. The lowest BCUT2D eigenvalue weighted by Crippen LogP contribution is -2.45. The first-order valence-electron chi connectivity index (χ1n) is 10.4. The standard InChI is InChI=1S/C25H26N2O4S/c1-18-8-14-23(15-9-18)32(29,30)26(21-10-12-22(31-3)13-11-21)17-25(28)27-19(2)16-20-6-4-5-7-24(20)27/h4-15,19H,16-17H2,1-3H3. The average molecular weight is 451 g/mol. The summed E-state index contributed by atoms with van der Waals surface area (Å²) in [6, 6.07) is 21.0. The van der Waals surface area contributed by atoms with Gasteiger partial charge in [0.05, 0.1) is 17.7 Å². The Morgan fingerprint density at radius 2 is 1.69 bits per heavy atom. The molecule has 0 spiro atoms. The maximum atomic E-state index is 13.6. The van der Waals surface area contributed by atoms with Gasteiger partial charge in [-0.3, -0.25) is 9.10 Å². The van der Waals surface area contributed by atoms with E-state index in [1.807, 2.05) is 38.1 Å². The molecule has 1 aliphatic heterocycles. The van der Waals surface area contributed by atoms with Crippen LogP contribution in [0.4, 0.5) is 11.4 Å². The van der Waals surface area contributed by atoms with Crippen LogP contribution in [0.3, 0.4) is 0 Å². The molecule has 1 aliphatic rings. The lowest BCUT2D eigenvalue weighted by Gasteiger charge is -2.29. The third kappa shape index (κ3) is 4.08. The van der Waals surface area contributed by atoms with E-state index < -0.39 is 10.0 Å². The monoisotopic (exact) mass is 450 g/mol. The second-order valence-electron chi connectivity index (χ2n) is 7.97. The van der Waals surface area contributed by atoms with Crippen molar-refractivity contribution in [3.63, 3.8) is 0 Å². The molecule has 0 aliphatic carbocycles. The Kier molecular flexibility index (Phi) is 5.93. The molecule has 0 saturated carbocycles. The van der Waals surface area contributed by atoms with Gasteiger partial charge in [0.1, 0.15) is 12.3 Å². The molecule has 166 valence electrons. The number of benzene rings is 3. The predicted molar refractivity (Wildman–Crippen MR) is 126 cm³/mol. The number of aryl methyl sites for hydroxylation is 1. The summed E-state index contributed by atoms with van der Waals surface area (Å²) in [7, 11) is -2.42. The molecule has 3 aromatic carbocycles. The minimum atomic E-state index is -3.96. The Labute approximate surface area is 189 Å². The van der Waals surface area contributed by atoms with Crippen LogP contribution in [0, 0.1) is 6.92 Å². The molecule has 0 radical (unpaired) electrons. The first-order valence-corrected chi connectivity index (χ1v) is 11.9. The van der Waals surface area contributed by atoms with Crippen molar-refractivity contribution in [1.29, 1.82) is 0 Å². The SMILES string of the molecule is COc1ccc(N(CC(=O)N2c3ccccc3CC2C)S(=O)(=O)c2ccc(C)cc2)cc1. The molecule has 1 heterocycles. The quantitative estimate of drug-likeness (QED) is 0.565. The number of nitrogens with zero attached hydrogens (tertiary/aromatic N) is 2. The van der Waals surface area contributed by atoms with Crippen LogP contribution >= 0.6 is 0 Å². The van der Waals surface area contributed by atoms with Crippen LogP contribution < -0.4 is 13.9 Å². The number of ether oxygens (including phenoxy) is 1. The molecular weight excluding hydrogens is 424 g/mol. The molecule has 7 heteroatoms. The molecule has 4 rings (SSSR count). The van der Waals surface area contributed by atoms with Gasteiger partial charge in [-0.25, -0.2) is 8.42 Å². The first kappa shape index (κ1) is 21.9.